The van der Waals surface area contributed by atoms with Crippen molar-refractivity contribution in [3.63, 3.8) is 0 Å². The van der Waals surface area contributed by atoms with Crippen LogP contribution in [0.2, 0.25) is 0 Å². The van der Waals surface area contributed by atoms with Gasteiger partial charge >= 0.3 is 6.18 Å². The second-order valence-electron chi connectivity index (χ2n) is 8.02. The molecule has 5 heterocycles. The van der Waals surface area contributed by atoms with Crippen LogP contribution in [0.1, 0.15) is 24.1 Å². The number of nitrogens with one attached hydrogen (secondary N) is 1. The third kappa shape index (κ3) is 3.94. The first-order valence-electron chi connectivity index (χ1n) is 10.3. The van der Waals surface area contributed by atoms with Crippen LogP contribution in [0, 0.1) is 0 Å². The van der Waals surface area contributed by atoms with Gasteiger partial charge in [-0.25, -0.2) is 15.0 Å². The van der Waals surface area contributed by atoms with Gasteiger partial charge in [0.1, 0.15) is 5.82 Å². The number of aliphatic imine (C=N–C) groups is 1. The molecule has 0 spiro atoms. The summed E-state index contributed by atoms with van der Waals surface area (Å²) in [6.45, 7) is 3.57. The molecule has 3 unspecified atom stereocenters. The number of hydrogen-bond acceptors (Lipinski definition) is 9. The van der Waals surface area contributed by atoms with Crippen LogP contribution in [-0.4, -0.2) is 83.4 Å². The Balaban J connectivity index is 1.56. The molecule has 3 N–H and O–H groups in total. The predicted molar refractivity (Wildman–Crippen MR) is 105 cm³/mol. The van der Waals surface area contributed by atoms with Crippen molar-refractivity contribution in [1.82, 2.24) is 25.1 Å². The maximum Gasteiger partial charge on any atom is 0.434 e. The summed E-state index contributed by atoms with van der Waals surface area (Å²) in [4.78, 5) is 16.3. The lowest BCUT2D eigenvalue weighted by atomic mass is 10.1. The van der Waals surface area contributed by atoms with E-state index < -0.39 is 24.1 Å². The number of rotatable bonds is 3. The second-order valence-corrected chi connectivity index (χ2v) is 8.02. The molecule has 3 fully saturated rings. The van der Waals surface area contributed by atoms with Gasteiger partial charge in [0.2, 0.25) is 5.95 Å². The number of fused-ring (bicyclic) bond motifs is 2. The molecule has 168 valence electrons. The third-order valence-corrected chi connectivity index (χ3v) is 6.09. The first-order chi connectivity index (χ1) is 14.9. The summed E-state index contributed by atoms with van der Waals surface area (Å²) < 4.78 is 52.3. The minimum atomic E-state index is -4.68. The van der Waals surface area contributed by atoms with Gasteiger partial charge in [0.05, 0.1) is 32.1 Å². The summed E-state index contributed by atoms with van der Waals surface area (Å²) >= 11 is 0. The van der Waals surface area contributed by atoms with Gasteiger partial charge in [0.25, 0.3) is 0 Å². The van der Waals surface area contributed by atoms with Crippen LogP contribution in [0.4, 0.5) is 19.1 Å². The Hall–Kier alpha value is -2.44. The first kappa shape index (κ1) is 20.5. The molecule has 3 saturated heterocycles. The molecule has 0 radical (unpaired) electrons. The quantitative estimate of drug-likeness (QED) is 0.713. The highest BCUT2D eigenvalue weighted by atomic mass is 19.4. The van der Waals surface area contributed by atoms with E-state index in [-0.39, 0.29) is 23.4 Å². The molecule has 0 saturated carbocycles. The summed E-state index contributed by atoms with van der Waals surface area (Å²) in [7, 11) is 0. The standard InChI is InChI=1S/C19H24F3N7O2/c20-19(21,22)16-13(8-24-17(23)27-16)14-7-15(28-3-5-30-6-4-28)26-18(25-14)29-11-1-2-12(29)10-31-9-11/h7-8,11-12,18,26H,1-6,9-10H2,(H2,23,24,27). The van der Waals surface area contributed by atoms with Gasteiger partial charge < -0.3 is 25.4 Å². The van der Waals surface area contributed by atoms with Crippen LogP contribution in [0.25, 0.3) is 0 Å². The molecule has 0 amide bonds. The molecule has 31 heavy (non-hydrogen) atoms. The summed E-state index contributed by atoms with van der Waals surface area (Å²) in [5.41, 5.74) is 4.37. The molecule has 4 aliphatic rings. The average Bonchev–Trinajstić information content (AvgIpc) is 3.02. The number of allylic oxidation sites excluding steroid dienone is 1. The Kier molecular flexibility index (Phi) is 5.22. The highest BCUT2D eigenvalue weighted by Gasteiger charge is 2.44. The third-order valence-electron chi connectivity index (χ3n) is 6.09. The largest absolute Gasteiger partial charge is 0.434 e. The minimum absolute atomic E-state index is 0.176. The lowest BCUT2D eigenvalue weighted by Gasteiger charge is -2.43. The first-order valence-corrected chi connectivity index (χ1v) is 10.3. The number of nitrogens with zero attached hydrogens (tertiary/aromatic N) is 5. The van der Waals surface area contributed by atoms with Crippen LogP contribution >= 0.6 is 0 Å². The van der Waals surface area contributed by atoms with Gasteiger partial charge in [-0.1, -0.05) is 0 Å². The molecule has 3 atom stereocenters. The number of nitrogen functional groups attached to an aromatic ring is 1. The number of alkyl halides is 3. The summed E-state index contributed by atoms with van der Waals surface area (Å²) in [5, 5.41) is 3.43. The van der Waals surface area contributed by atoms with E-state index in [2.05, 4.69) is 30.1 Å². The van der Waals surface area contributed by atoms with Crippen molar-refractivity contribution in [3.8, 4) is 0 Å². The van der Waals surface area contributed by atoms with Crippen molar-refractivity contribution in [2.45, 2.75) is 37.4 Å². The fourth-order valence-corrected chi connectivity index (χ4v) is 4.64. The molecule has 9 nitrogen and oxygen atoms in total. The van der Waals surface area contributed by atoms with Gasteiger partial charge in [-0.15, -0.1) is 0 Å². The van der Waals surface area contributed by atoms with Crippen molar-refractivity contribution in [1.29, 1.82) is 0 Å². The molecule has 12 heteroatoms. The number of ether oxygens (including phenoxy) is 2. The monoisotopic (exact) mass is 439 g/mol. The van der Waals surface area contributed by atoms with Crippen molar-refractivity contribution < 1.29 is 22.6 Å². The number of anilines is 1. The maximum atomic E-state index is 13.7. The Morgan fingerprint density at radius 3 is 2.48 bits per heavy atom. The molecule has 4 aliphatic heterocycles. The average molecular weight is 439 g/mol. The Bertz CT molecular complexity index is 885. The van der Waals surface area contributed by atoms with E-state index >= 15 is 0 Å². The molecule has 2 bridgehead atoms. The molecule has 0 aliphatic carbocycles. The van der Waals surface area contributed by atoms with E-state index in [0.717, 1.165) is 19.0 Å². The van der Waals surface area contributed by atoms with E-state index in [1.54, 1.807) is 6.08 Å². The van der Waals surface area contributed by atoms with Crippen molar-refractivity contribution in [2.75, 3.05) is 45.3 Å². The van der Waals surface area contributed by atoms with Crippen molar-refractivity contribution >= 4 is 11.7 Å². The Morgan fingerprint density at radius 2 is 1.81 bits per heavy atom. The number of aromatic nitrogens is 2. The van der Waals surface area contributed by atoms with Crippen molar-refractivity contribution in [3.05, 3.63) is 29.4 Å². The van der Waals surface area contributed by atoms with Crippen LogP contribution in [0.3, 0.4) is 0 Å². The van der Waals surface area contributed by atoms with E-state index in [1.807, 2.05) is 0 Å². The summed E-state index contributed by atoms with van der Waals surface area (Å²) in [6.07, 6.45) is -0.494. The van der Waals surface area contributed by atoms with Crippen LogP contribution in [0.15, 0.2) is 23.1 Å². The lowest BCUT2D eigenvalue weighted by Crippen LogP contribution is -2.58. The van der Waals surface area contributed by atoms with E-state index in [9.17, 15) is 13.2 Å². The van der Waals surface area contributed by atoms with Crippen LogP contribution in [0.5, 0.6) is 0 Å². The number of hydrogen-bond donors (Lipinski definition) is 2. The smallest absolute Gasteiger partial charge is 0.378 e. The zero-order valence-electron chi connectivity index (χ0n) is 16.8. The SMILES string of the molecule is Nc1ncc(C2=NC(N3C4CCC3COC4)NC(N3CCOCC3)=C2)c(C(F)(F)F)n1. The second kappa shape index (κ2) is 7.92. The molecule has 5 rings (SSSR count). The Labute approximate surface area is 177 Å². The fraction of sp³-hybridized carbons (Fsp3) is 0.632. The summed E-state index contributed by atoms with van der Waals surface area (Å²) in [6, 6.07) is 0.352. The molecule has 0 aromatic carbocycles. The van der Waals surface area contributed by atoms with Crippen LogP contribution in [-0.2, 0) is 15.7 Å². The van der Waals surface area contributed by atoms with Gasteiger partial charge in [-0.2, -0.15) is 13.2 Å². The fourth-order valence-electron chi connectivity index (χ4n) is 4.64. The molecular formula is C19H24F3N7O2. The van der Waals surface area contributed by atoms with Crippen molar-refractivity contribution in [2.24, 2.45) is 4.99 Å². The zero-order chi connectivity index (χ0) is 21.6. The normalized spacial score (nSPS) is 29.4. The molecule has 1 aromatic rings. The number of morpholine rings is 2. The van der Waals surface area contributed by atoms with Gasteiger partial charge in [0.15, 0.2) is 12.0 Å². The highest BCUT2D eigenvalue weighted by Crippen LogP contribution is 2.34. The molecular weight excluding hydrogens is 415 g/mol. The van der Waals surface area contributed by atoms with E-state index in [0.29, 0.717) is 45.3 Å². The van der Waals surface area contributed by atoms with E-state index in [1.165, 1.54) is 0 Å². The minimum Gasteiger partial charge on any atom is -0.378 e. The summed E-state index contributed by atoms with van der Waals surface area (Å²) in [5.74, 6) is 0.292. The topological polar surface area (TPSA) is 101 Å². The maximum absolute atomic E-state index is 13.7. The van der Waals surface area contributed by atoms with Gasteiger partial charge in [-0.05, 0) is 12.8 Å². The van der Waals surface area contributed by atoms with Crippen LogP contribution < -0.4 is 11.1 Å². The van der Waals surface area contributed by atoms with Gasteiger partial charge in [0, 0.05) is 43.0 Å². The number of halogens is 3. The Morgan fingerprint density at radius 1 is 1.10 bits per heavy atom. The molecule has 1 aromatic heterocycles. The zero-order valence-corrected chi connectivity index (χ0v) is 16.8. The highest BCUT2D eigenvalue weighted by molar-refractivity contribution is 6.10. The lowest BCUT2D eigenvalue weighted by molar-refractivity contribution is -0.141. The predicted octanol–water partition coefficient (Wildman–Crippen LogP) is 0.790. The van der Waals surface area contributed by atoms with E-state index in [4.69, 9.17) is 15.2 Å². The van der Waals surface area contributed by atoms with Gasteiger partial charge in [-0.3, -0.25) is 4.90 Å². The number of nitrogens with two attached hydrogens (primary N) is 1.